The first-order valence-electron chi connectivity index (χ1n) is 9.65. The SMILES string of the molecule is COc1cccc(OC)c1/C(O)=C1\C(=O)C(=O)N(c2cccc(Br)c2)C1c1ccncc1. The Morgan fingerprint density at radius 1 is 1.00 bits per heavy atom. The summed E-state index contributed by atoms with van der Waals surface area (Å²) in [6.07, 6.45) is 3.14. The lowest BCUT2D eigenvalue weighted by Gasteiger charge is -2.25. The zero-order valence-corrected chi connectivity index (χ0v) is 18.9. The zero-order chi connectivity index (χ0) is 22.8. The standard InChI is InChI=1S/C24H19BrN2O5/c1-31-17-7-4-8-18(32-2)19(17)22(28)20-21(14-9-11-26-12-10-14)27(24(30)23(20)29)16-6-3-5-15(25)13-16/h3-13,21,28H,1-2H3/b22-20+. The minimum atomic E-state index is -0.873. The third-order valence-electron chi connectivity index (χ3n) is 5.22. The van der Waals surface area contributed by atoms with E-state index in [4.69, 9.17) is 9.47 Å². The van der Waals surface area contributed by atoms with Gasteiger partial charge >= 0.3 is 0 Å². The molecule has 4 rings (SSSR count). The number of halogens is 1. The van der Waals surface area contributed by atoms with Gasteiger partial charge in [0.15, 0.2) is 0 Å². The van der Waals surface area contributed by atoms with E-state index < -0.39 is 17.7 Å². The monoisotopic (exact) mass is 494 g/mol. The van der Waals surface area contributed by atoms with Crippen LogP contribution in [0.5, 0.6) is 11.5 Å². The van der Waals surface area contributed by atoms with Crippen molar-refractivity contribution in [1.82, 2.24) is 4.98 Å². The Hall–Kier alpha value is -3.65. The summed E-state index contributed by atoms with van der Waals surface area (Å²) < 4.78 is 11.5. The number of rotatable bonds is 5. The molecule has 1 saturated heterocycles. The van der Waals surface area contributed by atoms with Crippen molar-refractivity contribution in [2.24, 2.45) is 0 Å². The van der Waals surface area contributed by atoms with Crippen molar-refractivity contribution < 1.29 is 24.2 Å². The Balaban J connectivity index is 2.01. The average molecular weight is 495 g/mol. The van der Waals surface area contributed by atoms with Crippen molar-refractivity contribution >= 4 is 39.1 Å². The molecule has 3 aromatic rings. The van der Waals surface area contributed by atoms with Gasteiger partial charge in [-0.1, -0.05) is 28.1 Å². The number of carbonyl (C=O) groups excluding carboxylic acids is 2. The normalized spacial score (nSPS) is 17.5. The number of nitrogens with zero attached hydrogens (tertiary/aromatic N) is 2. The van der Waals surface area contributed by atoms with Gasteiger partial charge in [-0.2, -0.15) is 0 Å². The highest BCUT2D eigenvalue weighted by Crippen LogP contribution is 2.45. The number of aromatic nitrogens is 1. The molecule has 1 unspecified atom stereocenters. The molecule has 7 nitrogen and oxygen atoms in total. The first-order valence-corrected chi connectivity index (χ1v) is 10.4. The number of carbonyl (C=O) groups is 2. The van der Waals surface area contributed by atoms with Crippen molar-refractivity contribution in [2.45, 2.75) is 6.04 Å². The zero-order valence-electron chi connectivity index (χ0n) is 17.3. The van der Waals surface area contributed by atoms with E-state index in [1.54, 1.807) is 60.9 Å². The third kappa shape index (κ3) is 3.62. The number of hydrogen-bond acceptors (Lipinski definition) is 6. The first-order chi connectivity index (χ1) is 15.5. The fourth-order valence-electron chi connectivity index (χ4n) is 3.81. The second-order valence-electron chi connectivity index (χ2n) is 6.97. The molecule has 0 saturated carbocycles. The van der Waals surface area contributed by atoms with Crippen LogP contribution in [0.25, 0.3) is 5.76 Å². The summed E-state index contributed by atoms with van der Waals surface area (Å²) in [4.78, 5) is 31.9. The van der Waals surface area contributed by atoms with Gasteiger partial charge in [-0.3, -0.25) is 19.5 Å². The van der Waals surface area contributed by atoms with Gasteiger partial charge in [0.25, 0.3) is 11.7 Å². The summed E-state index contributed by atoms with van der Waals surface area (Å²) in [5, 5.41) is 11.4. The summed E-state index contributed by atoms with van der Waals surface area (Å²) in [6, 6.07) is 14.6. The quantitative estimate of drug-likeness (QED) is 0.319. The molecule has 32 heavy (non-hydrogen) atoms. The maximum Gasteiger partial charge on any atom is 0.300 e. The molecule has 1 aliphatic rings. The van der Waals surface area contributed by atoms with Crippen molar-refractivity contribution in [1.29, 1.82) is 0 Å². The largest absolute Gasteiger partial charge is 0.506 e. The molecule has 162 valence electrons. The van der Waals surface area contributed by atoms with E-state index in [1.807, 2.05) is 6.07 Å². The number of hydrogen-bond donors (Lipinski definition) is 1. The number of pyridine rings is 1. The van der Waals surface area contributed by atoms with Gasteiger partial charge in [0.2, 0.25) is 0 Å². The van der Waals surface area contributed by atoms with Crippen LogP contribution in [-0.2, 0) is 9.59 Å². The van der Waals surface area contributed by atoms with Crippen LogP contribution >= 0.6 is 15.9 Å². The Kier molecular flexibility index (Phi) is 5.96. The van der Waals surface area contributed by atoms with Crippen LogP contribution in [0.2, 0.25) is 0 Å². The van der Waals surface area contributed by atoms with Gasteiger partial charge in [0, 0.05) is 22.6 Å². The smallest absolute Gasteiger partial charge is 0.300 e. The lowest BCUT2D eigenvalue weighted by Crippen LogP contribution is -2.29. The van der Waals surface area contributed by atoms with Crippen molar-refractivity contribution in [3.05, 3.63) is 88.2 Å². The van der Waals surface area contributed by atoms with Crippen LogP contribution < -0.4 is 14.4 Å². The minimum absolute atomic E-state index is 0.0658. The van der Waals surface area contributed by atoms with Crippen LogP contribution in [0.1, 0.15) is 17.2 Å². The second kappa shape index (κ2) is 8.84. The number of anilines is 1. The van der Waals surface area contributed by atoms with Gasteiger partial charge in [-0.15, -0.1) is 0 Å². The topological polar surface area (TPSA) is 89.0 Å². The molecule has 0 aliphatic carbocycles. The fraction of sp³-hybridized carbons (Fsp3) is 0.125. The molecule has 1 fully saturated rings. The Morgan fingerprint density at radius 3 is 2.22 bits per heavy atom. The summed E-state index contributed by atoms with van der Waals surface area (Å²) in [7, 11) is 2.90. The first kappa shape index (κ1) is 21.6. The summed E-state index contributed by atoms with van der Waals surface area (Å²) >= 11 is 3.41. The fourth-order valence-corrected chi connectivity index (χ4v) is 4.19. The number of aliphatic hydroxyl groups excluding tert-OH is 1. The predicted octanol–water partition coefficient (Wildman–Crippen LogP) is 4.49. The average Bonchev–Trinajstić information content (AvgIpc) is 3.09. The number of ketones is 1. The maximum absolute atomic E-state index is 13.3. The van der Waals surface area contributed by atoms with Crippen molar-refractivity contribution in [2.75, 3.05) is 19.1 Å². The van der Waals surface area contributed by atoms with Crippen LogP contribution in [0.4, 0.5) is 5.69 Å². The summed E-state index contributed by atoms with van der Waals surface area (Å²) in [6.45, 7) is 0. The van der Waals surface area contributed by atoms with E-state index in [0.717, 1.165) is 4.47 Å². The molecule has 1 aromatic heterocycles. The summed E-state index contributed by atoms with van der Waals surface area (Å²) in [5.74, 6) is -1.32. The Labute approximate surface area is 193 Å². The summed E-state index contributed by atoms with van der Waals surface area (Å²) in [5.41, 5.74) is 1.26. The van der Waals surface area contributed by atoms with Crippen LogP contribution in [0.15, 0.2) is 77.0 Å². The molecular weight excluding hydrogens is 476 g/mol. The number of amides is 1. The highest BCUT2D eigenvalue weighted by molar-refractivity contribution is 9.10. The van der Waals surface area contributed by atoms with Gasteiger partial charge in [0.1, 0.15) is 22.8 Å². The molecule has 8 heteroatoms. The van der Waals surface area contributed by atoms with Crippen molar-refractivity contribution in [3.8, 4) is 11.5 Å². The van der Waals surface area contributed by atoms with Gasteiger partial charge < -0.3 is 14.6 Å². The van der Waals surface area contributed by atoms with E-state index in [0.29, 0.717) is 22.7 Å². The molecular formula is C24H19BrN2O5. The second-order valence-corrected chi connectivity index (χ2v) is 7.88. The molecule has 2 heterocycles. The number of aliphatic hydroxyl groups is 1. The number of ether oxygens (including phenoxy) is 2. The Bertz CT molecular complexity index is 1200. The number of benzene rings is 2. The molecule has 1 amide bonds. The highest BCUT2D eigenvalue weighted by atomic mass is 79.9. The van der Waals surface area contributed by atoms with Crippen molar-refractivity contribution in [3.63, 3.8) is 0 Å². The minimum Gasteiger partial charge on any atom is -0.506 e. The van der Waals surface area contributed by atoms with Gasteiger partial charge in [-0.05, 0) is 48.0 Å². The predicted molar refractivity (Wildman–Crippen MR) is 123 cm³/mol. The van der Waals surface area contributed by atoms with Gasteiger partial charge in [0.05, 0.1) is 25.8 Å². The molecule has 1 N–H and O–H groups in total. The lowest BCUT2D eigenvalue weighted by atomic mass is 9.95. The number of Topliss-reactive ketones (excluding diaryl/α,β-unsaturated/α-hetero) is 1. The molecule has 0 radical (unpaired) electrons. The van der Waals surface area contributed by atoms with Crippen LogP contribution in [-0.4, -0.2) is 36.0 Å². The third-order valence-corrected chi connectivity index (χ3v) is 5.71. The molecule has 2 aromatic carbocycles. The van der Waals surface area contributed by atoms with E-state index in [9.17, 15) is 14.7 Å². The lowest BCUT2D eigenvalue weighted by molar-refractivity contribution is -0.132. The molecule has 0 bridgehead atoms. The highest BCUT2D eigenvalue weighted by Gasteiger charge is 2.47. The molecule has 0 spiro atoms. The van der Waals surface area contributed by atoms with Crippen LogP contribution in [0, 0.1) is 0 Å². The maximum atomic E-state index is 13.3. The molecule has 1 atom stereocenters. The van der Waals surface area contributed by atoms with E-state index in [1.165, 1.54) is 19.1 Å². The van der Waals surface area contributed by atoms with Crippen LogP contribution in [0.3, 0.4) is 0 Å². The Morgan fingerprint density at radius 2 is 1.62 bits per heavy atom. The number of methoxy groups -OCH3 is 2. The van der Waals surface area contributed by atoms with E-state index in [-0.39, 0.29) is 16.9 Å². The van der Waals surface area contributed by atoms with E-state index in [2.05, 4.69) is 20.9 Å². The molecule has 1 aliphatic heterocycles. The van der Waals surface area contributed by atoms with Gasteiger partial charge in [-0.25, -0.2) is 0 Å². The van der Waals surface area contributed by atoms with E-state index >= 15 is 0 Å².